The van der Waals surface area contributed by atoms with E-state index in [9.17, 15) is 4.79 Å². The number of furan rings is 1. The molecule has 0 saturated heterocycles. The summed E-state index contributed by atoms with van der Waals surface area (Å²) in [6.45, 7) is 11.1. The molecular formula is C30H34N6O3. The number of fused-ring (bicyclic) bond motifs is 1. The second kappa shape index (κ2) is 10.5. The van der Waals surface area contributed by atoms with E-state index < -0.39 is 11.6 Å². The maximum Gasteiger partial charge on any atom is 0.253 e. The van der Waals surface area contributed by atoms with Crippen molar-refractivity contribution in [2.45, 2.75) is 59.3 Å². The molecule has 1 N–H and O–H groups in total. The van der Waals surface area contributed by atoms with Gasteiger partial charge in [-0.1, -0.05) is 23.8 Å². The highest BCUT2D eigenvalue weighted by Gasteiger charge is 2.34. The lowest BCUT2D eigenvalue weighted by atomic mass is 9.99. The zero-order valence-electron chi connectivity index (χ0n) is 23.2. The molecule has 0 bridgehead atoms. The van der Waals surface area contributed by atoms with Crippen molar-refractivity contribution in [3.63, 3.8) is 0 Å². The Bertz CT molecular complexity index is 1630. The predicted octanol–water partition coefficient (Wildman–Crippen LogP) is 5.28. The molecule has 0 aliphatic heterocycles. The zero-order chi connectivity index (χ0) is 27.7. The van der Waals surface area contributed by atoms with Gasteiger partial charge in [0.05, 0.1) is 31.0 Å². The molecule has 3 heterocycles. The van der Waals surface area contributed by atoms with Gasteiger partial charge in [0, 0.05) is 12.1 Å². The van der Waals surface area contributed by atoms with Crippen LogP contribution in [0.4, 0.5) is 0 Å². The third kappa shape index (κ3) is 5.49. The van der Waals surface area contributed by atoms with E-state index in [1.165, 1.54) is 0 Å². The number of hydrogen-bond donors (Lipinski definition) is 1. The van der Waals surface area contributed by atoms with Crippen molar-refractivity contribution in [3.05, 3.63) is 105 Å². The highest BCUT2D eigenvalue weighted by Crippen LogP contribution is 2.32. The van der Waals surface area contributed by atoms with Crippen LogP contribution >= 0.6 is 0 Å². The maximum atomic E-state index is 13.8. The average molecular weight is 527 g/mol. The number of tetrazole rings is 1. The summed E-state index contributed by atoms with van der Waals surface area (Å²) in [5, 5.41) is 13.8. The highest BCUT2D eigenvalue weighted by molar-refractivity contribution is 5.83. The van der Waals surface area contributed by atoms with Crippen molar-refractivity contribution in [1.29, 1.82) is 0 Å². The summed E-state index contributed by atoms with van der Waals surface area (Å²) in [4.78, 5) is 19.1. The number of aromatic nitrogens is 5. The van der Waals surface area contributed by atoms with E-state index in [2.05, 4.69) is 44.5 Å². The Morgan fingerprint density at radius 2 is 1.85 bits per heavy atom. The normalized spacial score (nSPS) is 12.8. The molecule has 0 fully saturated rings. The van der Waals surface area contributed by atoms with E-state index >= 15 is 0 Å². The maximum absolute atomic E-state index is 13.8. The number of pyridine rings is 1. The van der Waals surface area contributed by atoms with Crippen molar-refractivity contribution in [2.75, 3.05) is 7.11 Å². The molecule has 0 radical (unpaired) electrons. The van der Waals surface area contributed by atoms with Gasteiger partial charge in [0.2, 0.25) is 0 Å². The van der Waals surface area contributed by atoms with E-state index in [4.69, 9.17) is 9.15 Å². The monoisotopic (exact) mass is 526 g/mol. The molecule has 0 aliphatic carbocycles. The molecule has 0 spiro atoms. The van der Waals surface area contributed by atoms with Gasteiger partial charge in [0.25, 0.3) is 5.56 Å². The molecule has 0 amide bonds. The van der Waals surface area contributed by atoms with Gasteiger partial charge in [-0.3, -0.25) is 9.69 Å². The summed E-state index contributed by atoms with van der Waals surface area (Å²) in [5.74, 6) is 2.13. The lowest BCUT2D eigenvalue weighted by molar-refractivity contribution is 0.171. The molecule has 9 heteroatoms. The third-order valence-electron chi connectivity index (χ3n) is 6.84. The Morgan fingerprint density at radius 3 is 2.51 bits per heavy atom. The first-order valence-electron chi connectivity index (χ1n) is 13.0. The minimum atomic E-state index is -0.569. The van der Waals surface area contributed by atoms with E-state index in [-0.39, 0.29) is 5.56 Å². The van der Waals surface area contributed by atoms with Crippen molar-refractivity contribution in [1.82, 2.24) is 30.1 Å². The zero-order valence-corrected chi connectivity index (χ0v) is 23.2. The molecule has 39 heavy (non-hydrogen) atoms. The summed E-state index contributed by atoms with van der Waals surface area (Å²) in [7, 11) is 1.65. The molecule has 0 saturated carbocycles. The van der Waals surface area contributed by atoms with E-state index in [0.29, 0.717) is 24.5 Å². The van der Waals surface area contributed by atoms with E-state index in [0.717, 1.165) is 39.1 Å². The molecule has 9 nitrogen and oxygen atoms in total. The number of rotatable bonds is 8. The minimum Gasteiger partial charge on any atom is -0.497 e. The quantitative estimate of drug-likeness (QED) is 0.293. The number of ether oxygens (including phenoxy) is 1. The summed E-state index contributed by atoms with van der Waals surface area (Å²) in [5.41, 5.74) is 4.00. The van der Waals surface area contributed by atoms with Crippen LogP contribution in [0.25, 0.3) is 10.9 Å². The summed E-state index contributed by atoms with van der Waals surface area (Å²) >= 11 is 0. The third-order valence-corrected chi connectivity index (χ3v) is 6.84. The molecule has 3 aromatic heterocycles. The van der Waals surface area contributed by atoms with Gasteiger partial charge >= 0.3 is 0 Å². The molecule has 5 aromatic rings. The van der Waals surface area contributed by atoms with Crippen LogP contribution in [0.1, 0.15) is 60.7 Å². The van der Waals surface area contributed by atoms with Crippen molar-refractivity contribution < 1.29 is 9.15 Å². The van der Waals surface area contributed by atoms with Gasteiger partial charge in [0.1, 0.15) is 17.6 Å². The Hall–Kier alpha value is -4.24. The summed E-state index contributed by atoms with van der Waals surface area (Å²) in [6, 6.07) is 17.3. The number of aromatic amines is 1. The van der Waals surface area contributed by atoms with Gasteiger partial charge in [0.15, 0.2) is 5.82 Å². The Balaban J connectivity index is 1.73. The standard InChI is InChI=1S/C30H34N6O3/c1-19-14-20(2)26-22(15-19)16-25(29(37)31-26)27(28-32-33-34-36(28)30(3,4)5)35(18-24-8-7-13-39-24)17-21-9-11-23(38-6)12-10-21/h7-16,27H,17-18H2,1-6H3,(H,31,37). The summed E-state index contributed by atoms with van der Waals surface area (Å²) in [6.07, 6.45) is 1.66. The molecule has 2 aromatic carbocycles. The Morgan fingerprint density at radius 1 is 1.08 bits per heavy atom. The SMILES string of the molecule is COc1ccc(CN(Cc2ccco2)C(c2cc3cc(C)cc(C)c3[nH]c2=O)c2nnnn2C(C)(C)C)cc1. The van der Waals surface area contributed by atoms with E-state index in [1.54, 1.807) is 18.1 Å². The van der Waals surface area contributed by atoms with Gasteiger partial charge < -0.3 is 14.1 Å². The van der Waals surface area contributed by atoms with Crippen molar-refractivity contribution in [2.24, 2.45) is 0 Å². The van der Waals surface area contributed by atoms with Crippen LogP contribution in [0.3, 0.4) is 0 Å². The fourth-order valence-corrected chi connectivity index (χ4v) is 5.05. The van der Waals surface area contributed by atoms with Crippen LogP contribution < -0.4 is 10.3 Å². The molecular weight excluding hydrogens is 492 g/mol. The molecule has 1 unspecified atom stereocenters. The number of benzene rings is 2. The Labute approximate surface area is 227 Å². The van der Waals surface area contributed by atoms with Crippen molar-refractivity contribution >= 4 is 10.9 Å². The molecule has 202 valence electrons. The first kappa shape index (κ1) is 26.4. The first-order valence-corrected chi connectivity index (χ1v) is 13.0. The van der Waals surface area contributed by atoms with Crippen LogP contribution in [0.5, 0.6) is 5.75 Å². The number of aryl methyl sites for hydroxylation is 2. The minimum absolute atomic E-state index is 0.179. The van der Waals surface area contributed by atoms with Gasteiger partial charge in [-0.05, 0) is 98.0 Å². The van der Waals surface area contributed by atoms with Crippen LogP contribution in [0, 0.1) is 13.8 Å². The molecule has 0 aliphatic rings. The average Bonchev–Trinajstić information content (AvgIpc) is 3.58. The van der Waals surface area contributed by atoms with Gasteiger partial charge in [-0.25, -0.2) is 4.68 Å². The van der Waals surface area contributed by atoms with Crippen LogP contribution in [0.15, 0.2) is 70.1 Å². The lowest BCUT2D eigenvalue weighted by Gasteiger charge is -2.32. The highest BCUT2D eigenvalue weighted by atomic mass is 16.5. The largest absolute Gasteiger partial charge is 0.497 e. The topological polar surface area (TPSA) is 102 Å². The second-order valence-corrected chi connectivity index (χ2v) is 11.0. The number of methoxy groups -OCH3 is 1. The Kier molecular flexibility index (Phi) is 7.10. The first-order chi connectivity index (χ1) is 18.6. The number of nitrogens with one attached hydrogen (secondary N) is 1. The van der Waals surface area contributed by atoms with Crippen LogP contribution in [-0.4, -0.2) is 37.2 Å². The van der Waals surface area contributed by atoms with Crippen molar-refractivity contribution in [3.8, 4) is 5.75 Å². The number of hydrogen-bond acceptors (Lipinski definition) is 7. The van der Waals surface area contributed by atoms with E-state index in [1.807, 2.05) is 70.2 Å². The fraction of sp³-hybridized carbons (Fsp3) is 0.333. The van der Waals surface area contributed by atoms with Crippen LogP contribution in [-0.2, 0) is 18.6 Å². The second-order valence-electron chi connectivity index (χ2n) is 11.0. The number of H-pyrrole nitrogens is 1. The lowest BCUT2D eigenvalue weighted by Crippen LogP contribution is -2.37. The van der Waals surface area contributed by atoms with Crippen LogP contribution in [0.2, 0.25) is 0 Å². The predicted molar refractivity (Wildman–Crippen MR) is 150 cm³/mol. The molecule has 1 atom stereocenters. The number of nitrogens with zero attached hydrogens (tertiary/aromatic N) is 5. The van der Waals surface area contributed by atoms with Gasteiger partial charge in [-0.15, -0.1) is 5.10 Å². The summed E-state index contributed by atoms with van der Waals surface area (Å²) < 4.78 is 12.9. The molecule has 5 rings (SSSR count). The smallest absolute Gasteiger partial charge is 0.253 e. The van der Waals surface area contributed by atoms with Gasteiger partial charge in [-0.2, -0.15) is 0 Å². The fourth-order valence-electron chi connectivity index (χ4n) is 5.05.